The van der Waals surface area contributed by atoms with Gasteiger partial charge in [0.1, 0.15) is 29.6 Å². The smallest absolute Gasteiger partial charge is 0.236 e. The van der Waals surface area contributed by atoms with Crippen molar-refractivity contribution in [3.8, 4) is 51.6 Å². The fourth-order valence-electron chi connectivity index (χ4n) is 4.40. The number of rotatable bonds is 6. The van der Waals surface area contributed by atoms with Gasteiger partial charge in [0.2, 0.25) is 17.5 Å². The first-order chi connectivity index (χ1) is 19.4. The number of aromatic hydroxyl groups is 6. The molecule has 3 aromatic carbocycles. The Morgan fingerprint density at radius 2 is 1.54 bits per heavy atom. The number of carbonyl (C=O) groups excluding carboxylic acids is 1. The lowest BCUT2D eigenvalue weighted by Gasteiger charge is -2.19. The summed E-state index contributed by atoms with van der Waals surface area (Å²) in [6.45, 7) is -0.701. The van der Waals surface area contributed by atoms with Gasteiger partial charge in [-0.25, -0.2) is 0 Å². The summed E-state index contributed by atoms with van der Waals surface area (Å²) in [6, 6.07) is 6.87. The standard InChI is InChI=1S/C27H22O14/c28-8-18-22(36)24(38)27(40-18)41-26-23(37)19-12(20(34)10-4-15(32)21(35)16(33)5-10)6-11(29)7-17(19)39-25(26)9-1-2-13(30)14(31)3-9/h1-7,18,22,24,27-33,35-36,38H,8H2/t18-,22-,24+,27-/m0/s1. The van der Waals surface area contributed by atoms with E-state index in [4.69, 9.17) is 13.9 Å². The molecular formula is C27H22O14. The van der Waals surface area contributed by atoms with E-state index >= 15 is 0 Å². The van der Waals surface area contributed by atoms with Crippen molar-refractivity contribution >= 4 is 16.8 Å². The van der Waals surface area contributed by atoms with Crippen molar-refractivity contribution < 1.29 is 64.6 Å². The first-order valence-electron chi connectivity index (χ1n) is 11.9. The summed E-state index contributed by atoms with van der Waals surface area (Å²) in [5.74, 6) is -6.31. The van der Waals surface area contributed by atoms with Crippen LogP contribution >= 0.6 is 0 Å². The van der Waals surface area contributed by atoms with Crippen LogP contribution in [0, 0.1) is 0 Å². The largest absolute Gasteiger partial charge is 0.508 e. The van der Waals surface area contributed by atoms with E-state index in [1.54, 1.807) is 0 Å². The van der Waals surface area contributed by atoms with E-state index in [9.17, 15) is 55.5 Å². The second-order valence-electron chi connectivity index (χ2n) is 9.18. The van der Waals surface area contributed by atoms with Crippen molar-refractivity contribution in [2.45, 2.75) is 24.6 Å². The van der Waals surface area contributed by atoms with Crippen LogP contribution in [-0.2, 0) is 4.74 Å². The molecule has 1 aliphatic heterocycles. The molecule has 0 bridgehead atoms. The summed E-state index contributed by atoms with van der Waals surface area (Å²) >= 11 is 0. The molecular weight excluding hydrogens is 548 g/mol. The molecule has 214 valence electrons. The molecule has 4 atom stereocenters. The third-order valence-corrected chi connectivity index (χ3v) is 6.49. The minimum absolute atomic E-state index is 0.0364. The van der Waals surface area contributed by atoms with E-state index in [0.29, 0.717) is 0 Å². The summed E-state index contributed by atoms with van der Waals surface area (Å²) < 4.78 is 16.8. The number of aliphatic hydroxyl groups excluding tert-OH is 3. The minimum atomic E-state index is -1.74. The molecule has 1 aliphatic rings. The van der Waals surface area contributed by atoms with Gasteiger partial charge in [0, 0.05) is 22.8 Å². The molecule has 4 aromatic rings. The molecule has 5 rings (SSSR count). The number of carbonyl (C=O) groups is 1. The van der Waals surface area contributed by atoms with Gasteiger partial charge in [0.15, 0.2) is 40.3 Å². The van der Waals surface area contributed by atoms with Crippen molar-refractivity contribution in [2.24, 2.45) is 0 Å². The molecule has 0 spiro atoms. The van der Waals surface area contributed by atoms with Crippen LogP contribution in [0.2, 0.25) is 0 Å². The van der Waals surface area contributed by atoms with Crippen molar-refractivity contribution in [1.29, 1.82) is 0 Å². The summed E-state index contributed by atoms with van der Waals surface area (Å²) in [4.78, 5) is 27.4. The molecule has 1 aromatic heterocycles. The predicted molar refractivity (Wildman–Crippen MR) is 136 cm³/mol. The molecule has 9 N–H and O–H groups in total. The molecule has 1 fully saturated rings. The molecule has 41 heavy (non-hydrogen) atoms. The lowest BCUT2D eigenvalue weighted by Crippen LogP contribution is -2.36. The van der Waals surface area contributed by atoms with Gasteiger partial charge in [0.25, 0.3) is 0 Å². The van der Waals surface area contributed by atoms with E-state index in [-0.39, 0.29) is 16.7 Å². The van der Waals surface area contributed by atoms with E-state index < -0.39 is 99.4 Å². The highest BCUT2D eigenvalue weighted by Gasteiger charge is 2.45. The molecule has 0 aliphatic carbocycles. The number of aliphatic hydroxyl groups is 3. The number of fused-ring (bicyclic) bond motifs is 1. The Balaban J connectivity index is 1.76. The van der Waals surface area contributed by atoms with Crippen molar-refractivity contribution in [3.05, 3.63) is 63.8 Å². The lowest BCUT2D eigenvalue weighted by atomic mass is 9.97. The second-order valence-corrected chi connectivity index (χ2v) is 9.18. The third kappa shape index (κ3) is 4.70. The van der Waals surface area contributed by atoms with Crippen LogP contribution in [0.25, 0.3) is 22.3 Å². The van der Waals surface area contributed by atoms with Crippen LogP contribution < -0.4 is 10.2 Å². The summed E-state index contributed by atoms with van der Waals surface area (Å²) in [5, 5.41) is 89.0. The number of phenols is 6. The molecule has 0 amide bonds. The highest BCUT2D eigenvalue weighted by molar-refractivity contribution is 6.16. The number of ketones is 1. The molecule has 0 unspecified atom stereocenters. The molecule has 14 nitrogen and oxygen atoms in total. The van der Waals surface area contributed by atoms with Gasteiger partial charge < -0.3 is 59.8 Å². The number of hydrogen-bond donors (Lipinski definition) is 9. The third-order valence-electron chi connectivity index (χ3n) is 6.49. The Bertz CT molecular complexity index is 1720. The summed E-state index contributed by atoms with van der Waals surface area (Å²) in [6.07, 6.45) is -6.32. The van der Waals surface area contributed by atoms with Crippen LogP contribution in [0.3, 0.4) is 0 Å². The molecule has 0 radical (unpaired) electrons. The van der Waals surface area contributed by atoms with E-state index in [2.05, 4.69) is 0 Å². The molecule has 0 saturated carbocycles. The molecule has 1 saturated heterocycles. The van der Waals surface area contributed by atoms with Crippen LogP contribution in [0.1, 0.15) is 15.9 Å². The number of hydrogen-bond acceptors (Lipinski definition) is 14. The zero-order valence-electron chi connectivity index (χ0n) is 20.6. The fourth-order valence-corrected chi connectivity index (χ4v) is 4.40. The van der Waals surface area contributed by atoms with Gasteiger partial charge in [-0.15, -0.1) is 0 Å². The number of phenolic OH excluding ortho intramolecular Hbond substituents is 6. The predicted octanol–water partition coefficient (Wildman–Crippen LogP) is 0.742. The van der Waals surface area contributed by atoms with Crippen LogP contribution in [-0.4, -0.2) is 83.0 Å². The maximum absolute atomic E-state index is 13.9. The topological polar surface area (TPSA) is 248 Å². The average molecular weight is 570 g/mol. The van der Waals surface area contributed by atoms with Crippen molar-refractivity contribution in [2.75, 3.05) is 6.61 Å². The Morgan fingerprint density at radius 1 is 0.854 bits per heavy atom. The van der Waals surface area contributed by atoms with E-state index in [0.717, 1.165) is 36.4 Å². The van der Waals surface area contributed by atoms with Crippen LogP contribution in [0.15, 0.2) is 51.7 Å². The second kappa shape index (κ2) is 10.2. The Morgan fingerprint density at radius 3 is 2.15 bits per heavy atom. The maximum atomic E-state index is 13.9. The zero-order valence-corrected chi connectivity index (χ0v) is 20.6. The van der Waals surface area contributed by atoms with Crippen molar-refractivity contribution in [3.63, 3.8) is 0 Å². The van der Waals surface area contributed by atoms with E-state index in [1.165, 1.54) is 6.07 Å². The molecule has 2 heterocycles. The monoisotopic (exact) mass is 570 g/mol. The van der Waals surface area contributed by atoms with Gasteiger partial charge in [-0.2, -0.15) is 0 Å². The van der Waals surface area contributed by atoms with E-state index in [1.807, 2.05) is 0 Å². The number of benzene rings is 3. The van der Waals surface area contributed by atoms with Gasteiger partial charge >= 0.3 is 0 Å². The zero-order chi connectivity index (χ0) is 29.7. The Labute approximate surface area is 228 Å². The van der Waals surface area contributed by atoms with Gasteiger partial charge in [0.05, 0.1) is 12.0 Å². The first-order valence-corrected chi connectivity index (χ1v) is 11.9. The maximum Gasteiger partial charge on any atom is 0.236 e. The van der Waals surface area contributed by atoms with Gasteiger partial charge in [-0.1, -0.05) is 0 Å². The number of ether oxygens (including phenoxy) is 2. The SMILES string of the molecule is O=C(c1cc(O)c(O)c(O)c1)c1cc(O)cc2oc(-c3ccc(O)c(O)c3)c(O[C@@H]3O[C@@H](CO)[C@H](O)[C@H]3O)c(=O)c12. The summed E-state index contributed by atoms with van der Waals surface area (Å²) in [7, 11) is 0. The summed E-state index contributed by atoms with van der Waals surface area (Å²) in [5.41, 5.74) is -2.32. The fraction of sp³-hybridized carbons (Fsp3) is 0.185. The average Bonchev–Trinajstić information content (AvgIpc) is 3.21. The van der Waals surface area contributed by atoms with Gasteiger partial charge in [-0.3, -0.25) is 9.59 Å². The lowest BCUT2D eigenvalue weighted by molar-refractivity contribution is -0.117. The minimum Gasteiger partial charge on any atom is -0.508 e. The highest BCUT2D eigenvalue weighted by atomic mass is 16.7. The van der Waals surface area contributed by atoms with Crippen LogP contribution in [0.5, 0.6) is 40.2 Å². The Hall–Kier alpha value is -5.02. The first kappa shape index (κ1) is 27.5. The van der Waals surface area contributed by atoms with Gasteiger partial charge in [-0.05, 0) is 36.4 Å². The quantitative estimate of drug-likeness (QED) is 0.115. The van der Waals surface area contributed by atoms with Crippen molar-refractivity contribution in [1.82, 2.24) is 0 Å². The normalized spacial score (nSPS) is 20.4. The van der Waals surface area contributed by atoms with Crippen LogP contribution in [0.4, 0.5) is 0 Å². The highest BCUT2D eigenvalue weighted by Crippen LogP contribution is 2.40. The molecule has 14 heteroatoms. The Kier molecular flexibility index (Phi) is 6.84.